The third kappa shape index (κ3) is 3.71. The van der Waals surface area contributed by atoms with Gasteiger partial charge >= 0.3 is 0 Å². The molecule has 18 heavy (non-hydrogen) atoms. The molecule has 1 aliphatic heterocycles. The van der Waals surface area contributed by atoms with E-state index in [2.05, 4.69) is 38.0 Å². The zero-order valence-electron chi connectivity index (χ0n) is 12.8. The van der Waals surface area contributed by atoms with Crippen LogP contribution >= 0.6 is 0 Å². The number of nitrogens with zero attached hydrogens (tertiary/aromatic N) is 1. The molecule has 1 N–H and O–H groups in total. The van der Waals surface area contributed by atoms with Crippen molar-refractivity contribution in [1.82, 2.24) is 10.2 Å². The highest BCUT2D eigenvalue weighted by Crippen LogP contribution is 2.40. The molecule has 1 aliphatic carbocycles. The molecule has 106 valence electrons. The van der Waals surface area contributed by atoms with E-state index >= 15 is 0 Å². The van der Waals surface area contributed by atoms with Crippen LogP contribution in [0.15, 0.2) is 0 Å². The summed E-state index contributed by atoms with van der Waals surface area (Å²) in [5.74, 6) is 0.894. The molecular weight excluding hydrogens is 220 g/mol. The van der Waals surface area contributed by atoms with Crippen molar-refractivity contribution in [2.24, 2.45) is 11.3 Å². The van der Waals surface area contributed by atoms with Gasteiger partial charge in [0.2, 0.25) is 0 Å². The van der Waals surface area contributed by atoms with E-state index in [4.69, 9.17) is 0 Å². The van der Waals surface area contributed by atoms with Crippen molar-refractivity contribution < 1.29 is 0 Å². The van der Waals surface area contributed by atoms with Crippen LogP contribution in [0.5, 0.6) is 0 Å². The molecule has 1 saturated heterocycles. The highest BCUT2D eigenvalue weighted by atomic mass is 15.2. The summed E-state index contributed by atoms with van der Waals surface area (Å²) < 4.78 is 0. The standard InChI is InChI=1S/C16H32N2/c1-13-10-15(12-16(2,3)11-13)18(4)14-6-5-8-17-9-7-14/h13-15,17H,5-12H2,1-4H3. The Labute approximate surface area is 114 Å². The van der Waals surface area contributed by atoms with Crippen LogP contribution in [-0.2, 0) is 0 Å². The Bertz CT molecular complexity index is 254. The maximum absolute atomic E-state index is 3.53. The lowest BCUT2D eigenvalue weighted by Crippen LogP contribution is -2.46. The molecule has 2 aliphatic rings. The van der Waals surface area contributed by atoms with Gasteiger partial charge in [-0.2, -0.15) is 0 Å². The van der Waals surface area contributed by atoms with E-state index in [0.29, 0.717) is 5.41 Å². The molecule has 2 rings (SSSR count). The lowest BCUT2D eigenvalue weighted by molar-refractivity contribution is 0.0537. The summed E-state index contributed by atoms with van der Waals surface area (Å²) in [6.07, 6.45) is 8.27. The summed E-state index contributed by atoms with van der Waals surface area (Å²) in [5.41, 5.74) is 0.541. The number of hydrogen-bond donors (Lipinski definition) is 1. The van der Waals surface area contributed by atoms with E-state index in [1.54, 1.807) is 0 Å². The van der Waals surface area contributed by atoms with Crippen molar-refractivity contribution in [2.75, 3.05) is 20.1 Å². The third-order valence-electron chi connectivity index (χ3n) is 5.06. The molecule has 1 saturated carbocycles. The Balaban J connectivity index is 1.96. The van der Waals surface area contributed by atoms with Crippen molar-refractivity contribution in [3.8, 4) is 0 Å². The first-order valence-corrected chi connectivity index (χ1v) is 7.90. The molecule has 3 unspecified atom stereocenters. The van der Waals surface area contributed by atoms with Crippen LogP contribution in [0.4, 0.5) is 0 Å². The van der Waals surface area contributed by atoms with Gasteiger partial charge in [0.25, 0.3) is 0 Å². The van der Waals surface area contributed by atoms with Gasteiger partial charge in [0.15, 0.2) is 0 Å². The van der Waals surface area contributed by atoms with Gasteiger partial charge in [0.1, 0.15) is 0 Å². The van der Waals surface area contributed by atoms with Gasteiger partial charge in [-0.05, 0) is 70.0 Å². The Morgan fingerprint density at radius 2 is 1.83 bits per heavy atom. The maximum atomic E-state index is 3.53. The van der Waals surface area contributed by atoms with Gasteiger partial charge in [-0.3, -0.25) is 0 Å². The Kier molecular flexibility index (Phi) is 4.71. The SMILES string of the molecule is CC1CC(N(C)C2CCCNCC2)CC(C)(C)C1. The van der Waals surface area contributed by atoms with Gasteiger partial charge in [0, 0.05) is 12.1 Å². The predicted molar refractivity (Wildman–Crippen MR) is 78.9 cm³/mol. The number of nitrogens with one attached hydrogen (secondary N) is 1. The normalized spacial score (nSPS) is 37.5. The average Bonchev–Trinajstić information content (AvgIpc) is 2.53. The molecule has 0 bridgehead atoms. The van der Waals surface area contributed by atoms with Crippen LogP contribution in [0.3, 0.4) is 0 Å². The van der Waals surface area contributed by atoms with Crippen LogP contribution in [0.1, 0.15) is 59.3 Å². The second kappa shape index (κ2) is 5.92. The van der Waals surface area contributed by atoms with Crippen LogP contribution in [0, 0.1) is 11.3 Å². The summed E-state index contributed by atoms with van der Waals surface area (Å²) in [4.78, 5) is 2.73. The molecule has 1 heterocycles. The van der Waals surface area contributed by atoms with Gasteiger partial charge < -0.3 is 10.2 Å². The molecule has 2 heteroatoms. The van der Waals surface area contributed by atoms with Crippen molar-refractivity contribution in [2.45, 2.75) is 71.4 Å². The fourth-order valence-electron chi connectivity index (χ4n) is 4.31. The molecule has 0 radical (unpaired) electrons. The van der Waals surface area contributed by atoms with Crippen LogP contribution in [-0.4, -0.2) is 37.1 Å². The molecule has 0 spiro atoms. The Morgan fingerprint density at radius 1 is 1.06 bits per heavy atom. The van der Waals surface area contributed by atoms with Crippen LogP contribution in [0.2, 0.25) is 0 Å². The number of rotatable bonds is 2. The smallest absolute Gasteiger partial charge is 0.0108 e. The second-order valence-electron chi connectivity index (χ2n) is 7.57. The van der Waals surface area contributed by atoms with E-state index in [-0.39, 0.29) is 0 Å². The Hall–Kier alpha value is -0.0800. The zero-order valence-corrected chi connectivity index (χ0v) is 12.8. The first-order valence-electron chi connectivity index (χ1n) is 7.90. The molecule has 0 aromatic rings. The highest BCUT2D eigenvalue weighted by molar-refractivity contribution is 4.89. The first-order chi connectivity index (χ1) is 8.48. The van der Waals surface area contributed by atoms with Gasteiger partial charge in [0.05, 0.1) is 0 Å². The summed E-state index contributed by atoms with van der Waals surface area (Å²) in [6, 6.07) is 1.62. The van der Waals surface area contributed by atoms with Crippen LogP contribution in [0.25, 0.3) is 0 Å². The number of hydrogen-bond acceptors (Lipinski definition) is 2. The molecule has 0 aromatic heterocycles. The van der Waals surface area contributed by atoms with Crippen molar-refractivity contribution in [3.63, 3.8) is 0 Å². The largest absolute Gasteiger partial charge is 0.317 e. The summed E-state index contributed by atoms with van der Waals surface area (Å²) in [6.45, 7) is 9.78. The van der Waals surface area contributed by atoms with E-state index in [1.165, 1.54) is 51.6 Å². The monoisotopic (exact) mass is 252 g/mol. The Morgan fingerprint density at radius 3 is 2.56 bits per heavy atom. The van der Waals surface area contributed by atoms with Gasteiger partial charge in [-0.1, -0.05) is 20.8 Å². The van der Waals surface area contributed by atoms with Gasteiger partial charge in [-0.15, -0.1) is 0 Å². The minimum atomic E-state index is 0.541. The fraction of sp³-hybridized carbons (Fsp3) is 1.00. The predicted octanol–water partition coefficient (Wildman–Crippen LogP) is 3.28. The van der Waals surface area contributed by atoms with E-state index in [9.17, 15) is 0 Å². The van der Waals surface area contributed by atoms with E-state index in [1.807, 2.05) is 0 Å². The van der Waals surface area contributed by atoms with E-state index < -0.39 is 0 Å². The molecule has 2 fully saturated rings. The average molecular weight is 252 g/mol. The maximum Gasteiger partial charge on any atom is 0.0108 e. The minimum absolute atomic E-state index is 0.541. The lowest BCUT2D eigenvalue weighted by Gasteiger charge is -2.45. The summed E-state index contributed by atoms with van der Waals surface area (Å²) in [7, 11) is 2.38. The molecular formula is C16H32N2. The van der Waals surface area contributed by atoms with Gasteiger partial charge in [-0.25, -0.2) is 0 Å². The minimum Gasteiger partial charge on any atom is -0.317 e. The quantitative estimate of drug-likeness (QED) is 0.811. The molecule has 0 amide bonds. The van der Waals surface area contributed by atoms with Crippen molar-refractivity contribution >= 4 is 0 Å². The van der Waals surface area contributed by atoms with Crippen molar-refractivity contribution in [1.29, 1.82) is 0 Å². The summed E-state index contributed by atoms with van der Waals surface area (Å²) >= 11 is 0. The highest BCUT2D eigenvalue weighted by Gasteiger charge is 2.35. The lowest BCUT2D eigenvalue weighted by atomic mass is 9.70. The molecule has 3 atom stereocenters. The topological polar surface area (TPSA) is 15.3 Å². The third-order valence-corrected chi connectivity index (χ3v) is 5.06. The van der Waals surface area contributed by atoms with Crippen molar-refractivity contribution in [3.05, 3.63) is 0 Å². The fourth-order valence-corrected chi connectivity index (χ4v) is 4.31. The summed E-state index contributed by atoms with van der Waals surface area (Å²) in [5, 5.41) is 3.53. The zero-order chi connectivity index (χ0) is 13.2. The molecule has 2 nitrogen and oxygen atoms in total. The molecule has 0 aromatic carbocycles. The first kappa shape index (κ1) is 14.3. The van der Waals surface area contributed by atoms with Crippen LogP contribution < -0.4 is 5.32 Å². The second-order valence-corrected chi connectivity index (χ2v) is 7.57. The van der Waals surface area contributed by atoms with E-state index in [0.717, 1.165) is 18.0 Å².